The van der Waals surface area contributed by atoms with Gasteiger partial charge in [-0.2, -0.15) is 0 Å². The minimum absolute atomic E-state index is 0.0377. The number of amides is 2. The van der Waals surface area contributed by atoms with Crippen LogP contribution in [0, 0.1) is 0 Å². The van der Waals surface area contributed by atoms with Crippen molar-refractivity contribution in [3.8, 4) is 0 Å². The predicted molar refractivity (Wildman–Crippen MR) is 82.1 cm³/mol. The summed E-state index contributed by atoms with van der Waals surface area (Å²) in [5, 5.41) is 2.89. The monoisotopic (exact) mass is 299 g/mol. The molecule has 1 saturated heterocycles. The second-order valence-corrected chi connectivity index (χ2v) is 6.82. The maximum absolute atomic E-state index is 12.0. The van der Waals surface area contributed by atoms with Gasteiger partial charge in [-0.05, 0) is 41.0 Å². The van der Waals surface area contributed by atoms with Crippen molar-refractivity contribution in [2.45, 2.75) is 52.7 Å². The highest BCUT2D eigenvalue weighted by Crippen LogP contribution is 2.12. The number of hydrogen-bond acceptors (Lipinski definition) is 4. The van der Waals surface area contributed by atoms with Crippen LogP contribution in [0.15, 0.2) is 0 Å². The Morgan fingerprint density at radius 3 is 2.38 bits per heavy atom. The standard InChI is InChI=1S/C15H29N3O3/c1-12(2)16-13(19)11-17-7-6-8-18(10-9-17)14(20)21-15(3,4)5/h12H,6-11H2,1-5H3,(H,16,19). The quantitative estimate of drug-likeness (QED) is 0.857. The maximum Gasteiger partial charge on any atom is 0.410 e. The van der Waals surface area contributed by atoms with Crippen molar-refractivity contribution in [3.63, 3.8) is 0 Å². The van der Waals surface area contributed by atoms with E-state index in [1.807, 2.05) is 34.6 Å². The first kappa shape index (κ1) is 17.8. The van der Waals surface area contributed by atoms with Crippen LogP contribution in [0.4, 0.5) is 4.79 Å². The molecule has 1 aliphatic heterocycles. The fraction of sp³-hybridized carbons (Fsp3) is 0.867. The molecule has 0 bridgehead atoms. The van der Waals surface area contributed by atoms with Crippen LogP contribution < -0.4 is 5.32 Å². The molecule has 0 spiro atoms. The topological polar surface area (TPSA) is 61.9 Å². The third-order valence-corrected chi connectivity index (χ3v) is 3.06. The van der Waals surface area contributed by atoms with Crippen molar-refractivity contribution in [3.05, 3.63) is 0 Å². The molecule has 0 atom stereocenters. The number of carbonyl (C=O) groups excluding carboxylic acids is 2. The summed E-state index contributed by atoms with van der Waals surface area (Å²) in [5.41, 5.74) is -0.472. The average Bonchev–Trinajstić information content (AvgIpc) is 2.51. The van der Waals surface area contributed by atoms with Gasteiger partial charge in [0.15, 0.2) is 0 Å². The number of carbonyl (C=O) groups is 2. The Morgan fingerprint density at radius 1 is 1.14 bits per heavy atom. The minimum atomic E-state index is -0.472. The largest absolute Gasteiger partial charge is 0.444 e. The highest BCUT2D eigenvalue weighted by Gasteiger charge is 2.24. The van der Waals surface area contributed by atoms with Gasteiger partial charge in [-0.15, -0.1) is 0 Å². The summed E-state index contributed by atoms with van der Waals surface area (Å²) in [6.07, 6.45) is 0.588. The molecule has 122 valence electrons. The van der Waals surface area contributed by atoms with E-state index in [0.717, 1.165) is 13.0 Å². The lowest BCUT2D eigenvalue weighted by atomic mass is 10.2. The molecular weight excluding hydrogens is 270 g/mol. The number of nitrogens with zero attached hydrogens (tertiary/aromatic N) is 2. The van der Waals surface area contributed by atoms with Crippen LogP contribution in [0.5, 0.6) is 0 Å². The molecule has 6 heteroatoms. The van der Waals surface area contributed by atoms with Crippen LogP contribution in [0.2, 0.25) is 0 Å². The van der Waals surface area contributed by atoms with Gasteiger partial charge in [0, 0.05) is 32.2 Å². The molecule has 1 rings (SSSR count). The first-order valence-electron chi connectivity index (χ1n) is 7.67. The first-order chi connectivity index (χ1) is 9.67. The van der Waals surface area contributed by atoms with Gasteiger partial charge in [-0.25, -0.2) is 4.79 Å². The van der Waals surface area contributed by atoms with E-state index in [2.05, 4.69) is 10.2 Å². The second-order valence-electron chi connectivity index (χ2n) is 6.82. The van der Waals surface area contributed by atoms with Gasteiger partial charge in [-0.3, -0.25) is 9.69 Å². The van der Waals surface area contributed by atoms with Gasteiger partial charge in [0.05, 0.1) is 6.54 Å². The molecule has 0 unspecified atom stereocenters. The Hall–Kier alpha value is -1.30. The molecule has 0 saturated carbocycles. The summed E-state index contributed by atoms with van der Waals surface area (Å²) < 4.78 is 5.39. The maximum atomic E-state index is 12.0. The Labute approximate surface area is 127 Å². The molecular formula is C15H29N3O3. The molecule has 1 fully saturated rings. The Morgan fingerprint density at radius 2 is 1.81 bits per heavy atom. The lowest BCUT2D eigenvalue weighted by molar-refractivity contribution is -0.122. The smallest absolute Gasteiger partial charge is 0.410 e. The predicted octanol–water partition coefficient (Wildman–Crippen LogP) is 1.45. The van der Waals surface area contributed by atoms with Crippen LogP contribution in [0.1, 0.15) is 41.0 Å². The van der Waals surface area contributed by atoms with Crippen molar-refractivity contribution >= 4 is 12.0 Å². The van der Waals surface area contributed by atoms with Crippen molar-refractivity contribution < 1.29 is 14.3 Å². The summed E-state index contributed by atoms with van der Waals surface area (Å²) in [5.74, 6) is 0.0377. The number of rotatable bonds is 3. The van der Waals surface area contributed by atoms with Gasteiger partial charge in [0.2, 0.25) is 5.91 Å². The van der Waals surface area contributed by atoms with Crippen LogP contribution >= 0.6 is 0 Å². The summed E-state index contributed by atoms with van der Waals surface area (Å²) in [7, 11) is 0. The molecule has 0 aromatic rings. The van der Waals surface area contributed by atoms with E-state index in [1.54, 1.807) is 4.90 Å². The third kappa shape index (κ3) is 7.32. The molecule has 0 radical (unpaired) electrons. The SMILES string of the molecule is CC(C)NC(=O)CN1CCCN(C(=O)OC(C)(C)C)CC1. The van der Waals surface area contributed by atoms with Crippen molar-refractivity contribution in [1.29, 1.82) is 0 Å². The zero-order chi connectivity index (χ0) is 16.0. The number of nitrogens with one attached hydrogen (secondary N) is 1. The Kier molecular flexibility index (Phi) is 6.45. The highest BCUT2D eigenvalue weighted by atomic mass is 16.6. The first-order valence-corrected chi connectivity index (χ1v) is 7.67. The van der Waals surface area contributed by atoms with Gasteiger partial charge in [-0.1, -0.05) is 0 Å². The van der Waals surface area contributed by atoms with E-state index < -0.39 is 5.60 Å². The van der Waals surface area contributed by atoms with Gasteiger partial charge in [0.1, 0.15) is 5.60 Å². The molecule has 1 aliphatic rings. The molecule has 2 amide bonds. The number of ether oxygens (including phenoxy) is 1. The molecule has 6 nitrogen and oxygen atoms in total. The van der Waals surface area contributed by atoms with Gasteiger partial charge in [0.25, 0.3) is 0 Å². The zero-order valence-electron chi connectivity index (χ0n) is 13.9. The van der Waals surface area contributed by atoms with E-state index in [4.69, 9.17) is 4.74 Å². The third-order valence-electron chi connectivity index (χ3n) is 3.06. The van der Waals surface area contributed by atoms with E-state index >= 15 is 0 Å². The van der Waals surface area contributed by atoms with Crippen LogP contribution in [-0.2, 0) is 9.53 Å². The van der Waals surface area contributed by atoms with Crippen molar-refractivity contribution in [1.82, 2.24) is 15.1 Å². The van der Waals surface area contributed by atoms with Gasteiger partial charge < -0.3 is 15.0 Å². The minimum Gasteiger partial charge on any atom is -0.444 e. The Bertz CT molecular complexity index is 364. The summed E-state index contributed by atoms with van der Waals surface area (Å²) in [4.78, 5) is 27.6. The fourth-order valence-electron chi connectivity index (χ4n) is 2.21. The van der Waals surface area contributed by atoms with Crippen LogP contribution in [-0.4, -0.2) is 66.2 Å². The van der Waals surface area contributed by atoms with E-state index in [1.165, 1.54) is 0 Å². The molecule has 0 aromatic heterocycles. The molecule has 1 heterocycles. The van der Waals surface area contributed by atoms with Crippen molar-refractivity contribution in [2.75, 3.05) is 32.7 Å². The summed E-state index contributed by atoms with van der Waals surface area (Å²) in [6.45, 7) is 12.7. The zero-order valence-corrected chi connectivity index (χ0v) is 13.9. The van der Waals surface area contributed by atoms with E-state index in [9.17, 15) is 9.59 Å². The van der Waals surface area contributed by atoms with Crippen LogP contribution in [0.3, 0.4) is 0 Å². The number of hydrogen-bond donors (Lipinski definition) is 1. The summed E-state index contributed by atoms with van der Waals surface area (Å²) >= 11 is 0. The fourth-order valence-corrected chi connectivity index (χ4v) is 2.21. The van der Waals surface area contributed by atoms with Crippen molar-refractivity contribution in [2.24, 2.45) is 0 Å². The molecule has 0 aliphatic carbocycles. The average molecular weight is 299 g/mol. The highest BCUT2D eigenvalue weighted by molar-refractivity contribution is 5.78. The van der Waals surface area contributed by atoms with E-state index in [0.29, 0.717) is 26.2 Å². The lowest BCUT2D eigenvalue weighted by Gasteiger charge is -2.26. The van der Waals surface area contributed by atoms with Crippen LogP contribution in [0.25, 0.3) is 0 Å². The Balaban J connectivity index is 2.43. The summed E-state index contributed by atoms with van der Waals surface area (Å²) in [6, 6.07) is 0.155. The molecule has 0 aromatic carbocycles. The van der Waals surface area contributed by atoms with Gasteiger partial charge >= 0.3 is 6.09 Å². The normalized spacial score (nSPS) is 17.5. The molecule has 1 N–H and O–H groups in total. The van der Waals surface area contributed by atoms with E-state index in [-0.39, 0.29) is 18.0 Å². The second kappa shape index (κ2) is 7.64. The lowest BCUT2D eigenvalue weighted by Crippen LogP contribution is -2.42. The molecule has 21 heavy (non-hydrogen) atoms.